The molecule has 0 bridgehead atoms. The van der Waals surface area contributed by atoms with E-state index in [1.807, 2.05) is 0 Å². The van der Waals surface area contributed by atoms with Crippen LogP contribution in [0.3, 0.4) is 0 Å². The number of hydrogen-bond acceptors (Lipinski definition) is 0. The lowest BCUT2D eigenvalue weighted by molar-refractivity contribution is 0.630. The highest BCUT2D eigenvalue weighted by molar-refractivity contribution is 5.75. The van der Waals surface area contributed by atoms with Crippen LogP contribution < -0.4 is 0 Å². The van der Waals surface area contributed by atoms with Gasteiger partial charge in [-0.3, -0.25) is 0 Å². The van der Waals surface area contributed by atoms with Gasteiger partial charge in [0, 0.05) is 17.4 Å². The van der Waals surface area contributed by atoms with Gasteiger partial charge in [-0.1, -0.05) is 101 Å². The molecule has 114 valence electrons. The summed E-state index contributed by atoms with van der Waals surface area (Å²) in [4.78, 5) is 0. The lowest BCUT2D eigenvalue weighted by Gasteiger charge is -1.95. The van der Waals surface area contributed by atoms with Crippen LogP contribution in [0.2, 0.25) is 0 Å². The minimum Gasteiger partial charge on any atom is -0.0654 e. The molecular weight excluding hydrogens is 243 g/mol. The van der Waals surface area contributed by atoms with Gasteiger partial charge in [-0.25, -0.2) is 0 Å². The summed E-state index contributed by atoms with van der Waals surface area (Å²) in [7, 11) is 0. The molecule has 1 heteroatoms. The molecule has 0 aliphatic carbocycles. The molecule has 0 saturated heterocycles. The predicted octanol–water partition coefficient (Wildman–Crippen LogP) is 6.39. The van der Waals surface area contributed by atoms with Crippen molar-refractivity contribution in [1.29, 1.82) is 0 Å². The van der Waals surface area contributed by atoms with E-state index in [1.165, 1.54) is 38.5 Å². The zero-order valence-electron chi connectivity index (χ0n) is 14.7. The van der Waals surface area contributed by atoms with Crippen molar-refractivity contribution in [3.05, 3.63) is 20.8 Å². The minimum absolute atomic E-state index is 0. The quantitative estimate of drug-likeness (QED) is 0.495. The Balaban J connectivity index is -0.0000000865. The van der Waals surface area contributed by atoms with Crippen LogP contribution in [0.25, 0.3) is 0 Å². The van der Waals surface area contributed by atoms with Crippen LogP contribution in [0.15, 0.2) is 0 Å². The Morgan fingerprint density at radius 2 is 0.737 bits per heavy atom. The van der Waals surface area contributed by atoms with E-state index in [0.29, 0.717) is 17.8 Å². The van der Waals surface area contributed by atoms with Crippen molar-refractivity contribution in [2.75, 3.05) is 0 Å². The van der Waals surface area contributed by atoms with E-state index < -0.39 is 0 Å². The van der Waals surface area contributed by atoms with E-state index in [1.54, 1.807) is 0 Å². The largest absolute Gasteiger partial charge is 0.0654 e. The zero-order chi connectivity index (χ0) is 15.0. The van der Waals surface area contributed by atoms with E-state index in [-0.39, 0.29) is 17.4 Å². The molecule has 0 spiro atoms. The molecule has 3 atom stereocenters. The van der Waals surface area contributed by atoms with E-state index >= 15 is 0 Å². The Kier molecular flexibility index (Phi) is 34.6. The molecule has 0 N–H and O–H groups in total. The third-order valence-electron chi connectivity index (χ3n) is 2.34. The summed E-state index contributed by atoms with van der Waals surface area (Å²) in [5, 5.41) is 0. The van der Waals surface area contributed by atoms with Crippen LogP contribution in [0.4, 0.5) is 0 Å². The van der Waals surface area contributed by atoms with Gasteiger partial charge in [0.2, 0.25) is 0 Å². The molecule has 0 amide bonds. The van der Waals surface area contributed by atoms with Crippen LogP contribution in [0.1, 0.15) is 80.1 Å². The Bertz CT molecular complexity index is 93.1. The zero-order valence-corrected chi connectivity index (χ0v) is 15.8. The average molecular weight is 282 g/mol. The minimum atomic E-state index is 0. The predicted molar refractivity (Wildman–Crippen MR) is 94.0 cm³/mol. The lowest BCUT2D eigenvalue weighted by atomic mass is 10.1. The van der Waals surface area contributed by atoms with Gasteiger partial charge < -0.3 is 0 Å². The van der Waals surface area contributed by atoms with Crippen molar-refractivity contribution < 1.29 is 0 Å². The van der Waals surface area contributed by atoms with E-state index in [0.717, 1.165) is 0 Å². The molecule has 3 unspecified atom stereocenters. The molecule has 0 aliphatic rings. The standard InChI is InChI=1S/3C6H13.Al/c3*1-4-5-6(2)3;/h3*6H,2,4-5H2,1,3H3;. The average Bonchev–Trinajstić information content (AvgIpc) is 2.18. The Labute approximate surface area is 136 Å². The fraction of sp³-hybridized carbons (Fsp3) is 0.833. The highest BCUT2D eigenvalue weighted by atomic mass is 27.0. The molecule has 0 aliphatic heterocycles. The molecule has 0 aromatic rings. The maximum atomic E-state index is 3.83. The summed E-state index contributed by atoms with van der Waals surface area (Å²) in [5.41, 5.74) is 0. The fourth-order valence-electron chi connectivity index (χ4n) is 1.48. The van der Waals surface area contributed by atoms with Crippen LogP contribution in [-0.4, -0.2) is 17.4 Å². The molecule has 0 fully saturated rings. The second-order valence-corrected chi connectivity index (χ2v) is 5.68. The number of rotatable bonds is 6. The van der Waals surface area contributed by atoms with E-state index in [9.17, 15) is 0 Å². The summed E-state index contributed by atoms with van der Waals surface area (Å²) >= 11 is 0. The summed E-state index contributed by atoms with van der Waals surface area (Å²) in [6.45, 7) is 24.5. The Morgan fingerprint density at radius 3 is 0.737 bits per heavy atom. The first kappa shape index (κ1) is 27.8. The first-order valence-corrected chi connectivity index (χ1v) is 7.80. The fourth-order valence-corrected chi connectivity index (χ4v) is 1.48. The first-order chi connectivity index (χ1) is 8.31. The number of hydrogen-bond donors (Lipinski definition) is 0. The third kappa shape index (κ3) is 55.7. The molecule has 0 rings (SSSR count). The third-order valence-corrected chi connectivity index (χ3v) is 2.34. The van der Waals surface area contributed by atoms with Crippen molar-refractivity contribution in [3.8, 4) is 0 Å². The summed E-state index contributed by atoms with van der Waals surface area (Å²) < 4.78 is 0. The molecule has 6 radical (unpaired) electrons. The monoisotopic (exact) mass is 282 g/mol. The lowest BCUT2D eigenvalue weighted by Crippen LogP contribution is -1.82. The maximum Gasteiger partial charge on any atom is 0 e. The van der Waals surface area contributed by atoms with Crippen molar-refractivity contribution in [3.63, 3.8) is 0 Å². The normalized spacial score (nSPS) is 9.47. The van der Waals surface area contributed by atoms with E-state index in [4.69, 9.17) is 0 Å². The molecule has 19 heavy (non-hydrogen) atoms. The second kappa shape index (κ2) is 23.6. The first-order valence-electron chi connectivity index (χ1n) is 7.80. The van der Waals surface area contributed by atoms with Crippen LogP contribution >= 0.6 is 0 Å². The van der Waals surface area contributed by atoms with Gasteiger partial charge >= 0.3 is 0 Å². The summed E-state index contributed by atoms with van der Waals surface area (Å²) in [6, 6.07) is 0. The van der Waals surface area contributed by atoms with Gasteiger partial charge in [0.25, 0.3) is 0 Å². The smallest absolute Gasteiger partial charge is 0 e. The van der Waals surface area contributed by atoms with Crippen molar-refractivity contribution in [2.45, 2.75) is 80.1 Å². The Morgan fingerprint density at radius 1 is 0.579 bits per heavy atom. The van der Waals surface area contributed by atoms with Crippen molar-refractivity contribution in [1.82, 2.24) is 0 Å². The molecule has 0 aromatic carbocycles. The van der Waals surface area contributed by atoms with E-state index in [2.05, 4.69) is 62.3 Å². The topological polar surface area (TPSA) is 0 Å². The van der Waals surface area contributed by atoms with Crippen molar-refractivity contribution >= 4 is 17.4 Å². The van der Waals surface area contributed by atoms with Gasteiger partial charge in [0.1, 0.15) is 0 Å². The SMILES string of the molecule is [Al].[CH2]C(C)CCC.[CH2]C(C)CCC.[CH2]C(C)CCC. The van der Waals surface area contributed by atoms with Crippen LogP contribution in [-0.2, 0) is 0 Å². The molecular formula is C18H39Al. The van der Waals surface area contributed by atoms with Gasteiger partial charge in [0.05, 0.1) is 0 Å². The summed E-state index contributed by atoms with van der Waals surface area (Å²) in [5.74, 6) is 1.94. The maximum absolute atomic E-state index is 3.83. The highest BCUT2D eigenvalue weighted by Crippen LogP contribution is 2.00. The van der Waals surface area contributed by atoms with Gasteiger partial charge in [-0.2, -0.15) is 0 Å². The van der Waals surface area contributed by atoms with Crippen LogP contribution in [0.5, 0.6) is 0 Å². The highest BCUT2D eigenvalue weighted by Gasteiger charge is 1.86. The van der Waals surface area contributed by atoms with Gasteiger partial charge in [-0.05, 0) is 17.8 Å². The molecule has 0 nitrogen and oxygen atoms in total. The van der Waals surface area contributed by atoms with Gasteiger partial charge in [0.15, 0.2) is 0 Å². The van der Waals surface area contributed by atoms with Crippen LogP contribution in [0, 0.1) is 38.5 Å². The molecule has 0 saturated carbocycles. The van der Waals surface area contributed by atoms with Crippen molar-refractivity contribution in [2.24, 2.45) is 17.8 Å². The van der Waals surface area contributed by atoms with Gasteiger partial charge in [-0.15, -0.1) is 0 Å². The molecule has 0 heterocycles. The Hall–Kier alpha value is 0.532. The summed E-state index contributed by atoms with van der Waals surface area (Å²) in [6.07, 6.45) is 7.60. The second-order valence-electron chi connectivity index (χ2n) is 5.68. The molecule has 0 aromatic heterocycles.